The molecule has 27 heavy (non-hydrogen) atoms. The first-order valence-corrected chi connectivity index (χ1v) is 8.71. The third-order valence-electron chi connectivity index (χ3n) is 4.04. The Hall–Kier alpha value is -2.83. The van der Waals surface area contributed by atoms with Crippen LogP contribution in [0.25, 0.3) is 10.9 Å². The van der Waals surface area contributed by atoms with E-state index in [2.05, 4.69) is 10.3 Å². The SMILES string of the molecule is O=C(O)CC(NC(=O)c1cccc(Cl)c1Cl)c1cc(=O)[nH]c2ccccc12. The summed E-state index contributed by atoms with van der Waals surface area (Å²) in [5, 5.41) is 12.9. The molecule has 0 radical (unpaired) electrons. The zero-order valence-electron chi connectivity index (χ0n) is 13.8. The van der Waals surface area contributed by atoms with Gasteiger partial charge >= 0.3 is 5.97 Å². The number of carbonyl (C=O) groups is 2. The maximum atomic E-state index is 12.7. The minimum Gasteiger partial charge on any atom is -0.481 e. The van der Waals surface area contributed by atoms with E-state index in [0.29, 0.717) is 16.5 Å². The largest absolute Gasteiger partial charge is 0.481 e. The second-order valence-electron chi connectivity index (χ2n) is 5.86. The number of amides is 1. The summed E-state index contributed by atoms with van der Waals surface area (Å²) in [6, 6.07) is 11.9. The van der Waals surface area contributed by atoms with Crippen LogP contribution in [0.15, 0.2) is 53.3 Å². The molecule has 0 spiro atoms. The molecule has 1 atom stereocenters. The van der Waals surface area contributed by atoms with Crippen molar-refractivity contribution in [3.63, 3.8) is 0 Å². The lowest BCUT2D eigenvalue weighted by molar-refractivity contribution is -0.137. The number of aromatic amines is 1. The Labute approximate surface area is 163 Å². The van der Waals surface area contributed by atoms with Crippen molar-refractivity contribution in [3.05, 3.63) is 80.1 Å². The summed E-state index contributed by atoms with van der Waals surface area (Å²) in [6.45, 7) is 0. The van der Waals surface area contributed by atoms with Gasteiger partial charge in [0.25, 0.3) is 5.91 Å². The van der Waals surface area contributed by atoms with E-state index in [9.17, 15) is 19.5 Å². The second-order valence-corrected chi connectivity index (χ2v) is 6.64. The fourth-order valence-electron chi connectivity index (χ4n) is 2.85. The first-order chi connectivity index (χ1) is 12.9. The highest BCUT2D eigenvalue weighted by molar-refractivity contribution is 6.43. The van der Waals surface area contributed by atoms with Crippen molar-refractivity contribution in [1.82, 2.24) is 10.3 Å². The predicted molar refractivity (Wildman–Crippen MR) is 103 cm³/mol. The smallest absolute Gasteiger partial charge is 0.305 e. The lowest BCUT2D eigenvalue weighted by Crippen LogP contribution is -2.31. The van der Waals surface area contributed by atoms with Crippen molar-refractivity contribution in [2.24, 2.45) is 0 Å². The van der Waals surface area contributed by atoms with E-state index in [0.717, 1.165) is 0 Å². The maximum Gasteiger partial charge on any atom is 0.305 e. The summed E-state index contributed by atoms with van der Waals surface area (Å²) in [6.07, 6.45) is -0.405. The molecule has 0 saturated carbocycles. The lowest BCUT2D eigenvalue weighted by Gasteiger charge is -2.19. The monoisotopic (exact) mass is 404 g/mol. The van der Waals surface area contributed by atoms with Crippen LogP contribution in [0.2, 0.25) is 10.0 Å². The maximum absolute atomic E-state index is 12.7. The molecule has 8 heteroatoms. The highest BCUT2D eigenvalue weighted by Gasteiger charge is 2.23. The normalized spacial score (nSPS) is 11.9. The molecule has 6 nitrogen and oxygen atoms in total. The number of H-pyrrole nitrogens is 1. The molecule has 138 valence electrons. The quantitative estimate of drug-likeness (QED) is 0.602. The topological polar surface area (TPSA) is 99.3 Å². The number of halogens is 2. The van der Waals surface area contributed by atoms with Gasteiger partial charge in [0, 0.05) is 17.0 Å². The second kappa shape index (κ2) is 7.82. The standard InChI is InChI=1S/C19H14Cl2N2O4/c20-13-6-3-5-11(18(13)21)19(27)23-15(9-17(25)26)12-8-16(24)22-14-7-2-1-4-10(12)14/h1-8,15H,9H2,(H,22,24)(H,23,27)(H,25,26). The Kier molecular flexibility index (Phi) is 5.48. The number of hydrogen-bond donors (Lipinski definition) is 3. The summed E-state index contributed by atoms with van der Waals surface area (Å²) < 4.78 is 0. The fraction of sp³-hybridized carbons (Fsp3) is 0.105. The number of aromatic nitrogens is 1. The molecule has 0 bridgehead atoms. The number of carboxylic acid groups (broad SMARTS) is 1. The van der Waals surface area contributed by atoms with E-state index < -0.39 is 29.9 Å². The van der Waals surface area contributed by atoms with E-state index >= 15 is 0 Å². The van der Waals surface area contributed by atoms with Gasteiger partial charge in [0.15, 0.2) is 0 Å². The van der Waals surface area contributed by atoms with E-state index in [1.807, 2.05) is 0 Å². The van der Waals surface area contributed by atoms with Gasteiger partial charge in [0.1, 0.15) is 0 Å². The number of carboxylic acids is 1. The van der Waals surface area contributed by atoms with Crippen molar-refractivity contribution in [2.75, 3.05) is 0 Å². The van der Waals surface area contributed by atoms with Gasteiger partial charge in [-0.25, -0.2) is 0 Å². The molecular weight excluding hydrogens is 391 g/mol. The van der Waals surface area contributed by atoms with Crippen molar-refractivity contribution >= 4 is 46.0 Å². The molecule has 3 rings (SSSR count). The highest BCUT2D eigenvalue weighted by Crippen LogP contribution is 2.28. The molecular formula is C19H14Cl2N2O4. The van der Waals surface area contributed by atoms with E-state index in [1.165, 1.54) is 12.1 Å². The van der Waals surface area contributed by atoms with E-state index in [-0.39, 0.29) is 15.6 Å². The molecule has 3 N–H and O–H groups in total. The molecule has 0 aliphatic heterocycles. The molecule has 1 heterocycles. The number of benzene rings is 2. The summed E-state index contributed by atoms with van der Waals surface area (Å²) >= 11 is 12.0. The Balaban J connectivity index is 2.05. The molecule has 3 aromatic rings. The summed E-state index contributed by atoms with van der Waals surface area (Å²) in [5.41, 5.74) is 0.677. The van der Waals surface area contributed by atoms with Gasteiger partial charge in [-0.3, -0.25) is 14.4 Å². The number of pyridine rings is 1. The Morgan fingerprint density at radius 2 is 1.85 bits per heavy atom. The summed E-state index contributed by atoms with van der Waals surface area (Å²) in [4.78, 5) is 38.7. The lowest BCUT2D eigenvalue weighted by atomic mass is 9.99. The molecule has 2 aromatic carbocycles. The number of fused-ring (bicyclic) bond motifs is 1. The molecule has 0 aliphatic carbocycles. The third kappa shape index (κ3) is 4.13. The summed E-state index contributed by atoms with van der Waals surface area (Å²) in [7, 11) is 0. The number of hydrogen-bond acceptors (Lipinski definition) is 3. The van der Waals surface area contributed by atoms with Crippen LogP contribution >= 0.6 is 23.2 Å². The van der Waals surface area contributed by atoms with Gasteiger partial charge < -0.3 is 15.4 Å². The average molecular weight is 405 g/mol. The molecule has 1 amide bonds. The Morgan fingerprint density at radius 1 is 1.11 bits per heavy atom. The first kappa shape index (κ1) is 18.9. The van der Waals surface area contributed by atoms with Crippen molar-refractivity contribution in [2.45, 2.75) is 12.5 Å². The Bertz CT molecular complexity index is 1090. The van der Waals surface area contributed by atoms with Crippen LogP contribution in [0.1, 0.15) is 28.4 Å². The fourth-order valence-corrected chi connectivity index (χ4v) is 3.23. The van der Waals surface area contributed by atoms with Crippen LogP contribution in [0.5, 0.6) is 0 Å². The van der Waals surface area contributed by atoms with Crippen LogP contribution in [0.4, 0.5) is 0 Å². The molecule has 0 saturated heterocycles. The molecule has 0 aliphatic rings. The third-order valence-corrected chi connectivity index (χ3v) is 4.86. The zero-order chi connectivity index (χ0) is 19.6. The number of nitrogens with one attached hydrogen (secondary N) is 2. The van der Waals surface area contributed by atoms with E-state index in [1.54, 1.807) is 36.4 Å². The van der Waals surface area contributed by atoms with Crippen LogP contribution in [0.3, 0.4) is 0 Å². The number of aliphatic carboxylic acids is 1. The number of carbonyl (C=O) groups excluding carboxylic acids is 1. The molecule has 0 fully saturated rings. The van der Waals surface area contributed by atoms with E-state index in [4.69, 9.17) is 23.2 Å². The highest BCUT2D eigenvalue weighted by atomic mass is 35.5. The Morgan fingerprint density at radius 3 is 2.59 bits per heavy atom. The minimum absolute atomic E-state index is 0.0708. The molecule has 1 unspecified atom stereocenters. The first-order valence-electron chi connectivity index (χ1n) is 7.95. The number of para-hydroxylation sites is 1. The predicted octanol–water partition coefficient (Wildman–Crippen LogP) is 3.78. The van der Waals surface area contributed by atoms with Gasteiger partial charge in [0.2, 0.25) is 5.56 Å². The van der Waals surface area contributed by atoms with Crippen LogP contribution in [-0.4, -0.2) is 22.0 Å². The van der Waals surface area contributed by atoms with Crippen molar-refractivity contribution in [1.29, 1.82) is 0 Å². The number of rotatable bonds is 5. The minimum atomic E-state index is -1.12. The van der Waals surface area contributed by atoms with Crippen molar-refractivity contribution in [3.8, 4) is 0 Å². The van der Waals surface area contributed by atoms with Gasteiger partial charge in [-0.2, -0.15) is 0 Å². The van der Waals surface area contributed by atoms with Gasteiger partial charge in [-0.1, -0.05) is 47.5 Å². The van der Waals surface area contributed by atoms with Crippen LogP contribution < -0.4 is 10.9 Å². The average Bonchev–Trinajstić information content (AvgIpc) is 2.62. The van der Waals surface area contributed by atoms with Crippen molar-refractivity contribution < 1.29 is 14.7 Å². The zero-order valence-corrected chi connectivity index (χ0v) is 15.3. The summed E-state index contributed by atoms with van der Waals surface area (Å²) in [5.74, 6) is -1.71. The van der Waals surface area contributed by atoms with Gasteiger partial charge in [0.05, 0.1) is 28.1 Å². The van der Waals surface area contributed by atoms with Crippen LogP contribution in [-0.2, 0) is 4.79 Å². The van der Waals surface area contributed by atoms with Gasteiger partial charge in [-0.05, 0) is 23.8 Å². The van der Waals surface area contributed by atoms with Gasteiger partial charge in [-0.15, -0.1) is 0 Å². The van der Waals surface area contributed by atoms with Crippen LogP contribution in [0, 0.1) is 0 Å². The molecule has 1 aromatic heterocycles.